The largest absolute Gasteiger partial charge is 0.508 e. The van der Waals surface area contributed by atoms with Gasteiger partial charge in [-0.3, -0.25) is 38.6 Å². The maximum absolute atomic E-state index is 14.4. The number of nitrogens with zero attached hydrogens (tertiary/aromatic N) is 1. The summed E-state index contributed by atoms with van der Waals surface area (Å²) in [6.45, 7) is 1.96. The molecule has 7 amide bonds. The number of carboxylic acid groups (broad SMARTS) is 1. The van der Waals surface area contributed by atoms with Gasteiger partial charge < -0.3 is 74.7 Å². The van der Waals surface area contributed by atoms with E-state index in [9.17, 15) is 53.7 Å². The quantitative estimate of drug-likeness (QED) is 0.0150. The summed E-state index contributed by atoms with van der Waals surface area (Å²) in [6.07, 6.45) is 1.69. The molecule has 0 unspecified atom stereocenters. The molecule has 372 valence electrons. The fourth-order valence-corrected chi connectivity index (χ4v) is 7.06. The van der Waals surface area contributed by atoms with Gasteiger partial charge in [0, 0.05) is 48.0 Å². The lowest BCUT2D eigenvalue weighted by Crippen LogP contribution is -2.60. The number of carbonyl (C=O) groups excluding carboxylic acids is 7. The minimum Gasteiger partial charge on any atom is -0.508 e. The van der Waals surface area contributed by atoms with E-state index in [0.717, 1.165) is 10.9 Å². The summed E-state index contributed by atoms with van der Waals surface area (Å²) in [7, 11) is 0. The highest BCUT2D eigenvalue weighted by Gasteiger charge is 2.33. The predicted molar refractivity (Wildman–Crippen MR) is 258 cm³/mol. The Morgan fingerprint density at radius 2 is 1.28 bits per heavy atom. The average molecular weight is 987 g/mol. The summed E-state index contributed by atoms with van der Waals surface area (Å²) in [6, 6.07) is 3.89. The van der Waals surface area contributed by atoms with Crippen molar-refractivity contribution >= 4 is 89.4 Å². The zero-order valence-electron chi connectivity index (χ0n) is 37.6. The molecule has 0 saturated heterocycles. The standard InChI is InChI=1S/C43H62N12O11S2/c1-22(2)14-30(38(61)51-29(8-5-13-47-43(45)46)37(60)49-18-35(58)50-33(19-56)41(64)55-34(21-68)42(65)66)53-39(62)31(15-23-9-11-25(57)12-10-23)54-40(63)32(52-36(59)27(44)20-67)16-24-17-48-28-7-4-3-6-26(24)28/h3-4,6-7,9-12,17,22,27,29-34,48,56-57,67-68H,5,8,13-16,18-21,44H2,1-2H3,(H,49,60)(H,50,58)(H,51,61)(H,52,59)(H,53,62)(H,54,63)(H,55,64)(H,65,66)(H4,45,46,47)/t27-,29-,30-,31-,32-,33-,34-/m0/s1. The van der Waals surface area contributed by atoms with Crippen LogP contribution in [0.5, 0.6) is 5.75 Å². The van der Waals surface area contributed by atoms with E-state index in [0.29, 0.717) is 11.1 Å². The Balaban J connectivity index is 1.88. The number of phenolic OH excluding ortho intramolecular Hbond substituents is 1. The molecule has 0 spiro atoms. The Labute approximate surface area is 403 Å². The number of aliphatic hydroxyl groups is 1. The fourth-order valence-electron chi connectivity index (χ4n) is 6.65. The van der Waals surface area contributed by atoms with E-state index >= 15 is 0 Å². The molecule has 0 saturated carbocycles. The van der Waals surface area contributed by atoms with Crippen LogP contribution in [0.1, 0.15) is 44.2 Å². The van der Waals surface area contributed by atoms with Gasteiger partial charge in [-0.15, -0.1) is 0 Å². The molecule has 23 nitrogen and oxygen atoms in total. The molecule has 17 N–H and O–H groups in total. The van der Waals surface area contributed by atoms with Gasteiger partial charge in [-0.2, -0.15) is 25.3 Å². The zero-order valence-corrected chi connectivity index (χ0v) is 39.4. The summed E-state index contributed by atoms with van der Waals surface area (Å²) in [5, 5.41) is 47.1. The van der Waals surface area contributed by atoms with Crippen LogP contribution in [-0.4, -0.2) is 147 Å². The second kappa shape index (κ2) is 27.9. The first-order valence-corrected chi connectivity index (χ1v) is 22.8. The number of aromatic hydroxyl groups is 1. The van der Waals surface area contributed by atoms with Gasteiger partial charge in [-0.1, -0.05) is 44.2 Å². The average Bonchev–Trinajstić information content (AvgIpc) is 3.71. The van der Waals surface area contributed by atoms with E-state index in [1.165, 1.54) is 12.1 Å². The molecule has 1 aromatic heterocycles. The summed E-state index contributed by atoms with van der Waals surface area (Å²) in [5.74, 6) is -8.06. The smallest absolute Gasteiger partial charge is 0.327 e. The van der Waals surface area contributed by atoms with Crippen LogP contribution >= 0.6 is 25.3 Å². The molecular weight excluding hydrogens is 925 g/mol. The van der Waals surface area contributed by atoms with Crippen LogP contribution in [-0.2, 0) is 51.2 Å². The number of fused-ring (bicyclic) bond motifs is 1. The lowest BCUT2D eigenvalue weighted by molar-refractivity contribution is -0.141. The highest BCUT2D eigenvalue weighted by Crippen LogP contribution is 2.20. The second-order valence-electron chi connectivity index (χ2n) is 16.1. The molecule has 0 aliphatic heterocycles. The number of para-hydroxylation sites is 1. The molecule has 1 heterocycles. The van der Waals surface area contributed by atoms with Crippen molar-refractivity contribution in [2.45, 2.75) is 88.2 Å². The Hall–Kier alpha value is -6.57. The van der Waals surface area contributed by atoms with Crippen LogP contribution in [0.3, 0.4) is 0 Å². The molecule has 0 bridgehead atoms. The number of hydrogen-bond donors (Lipinski definition) is 16. The Bertz CT molecular complexity index is 2240. The third-order valence-electron chi connectivity index (χ3n) is 10.2. The number of nitrogens with one attached hydrogen (secondary N) is 8. The van der Waals surface area contributed by atoms with E-state index in [2.05, 4.69) is 72.5 Å². The Morgan fingerprint density at radius 1 is 0.706 bits per heavy atom. The van der Waals surface area contributed by atoms with E-state index < -0.39 is 103 Å². The number of H-pyrrole nitrogens is 1. The van der Waals surface area contributed by atoms with Crippen LogP contribution < -0.4 is 54.4 Å². The number of guanidine groups is 1. The minimum atomic E-state index is -1.58. The van der Waals surface area contributed by atoms with Crippen molar-refractivity contribution in [1.82, 2.24) is 42.2 Å². The molecule has 0 aliphatic rings. The van der Waals surface area contributed by atoms with Gasteiger partial charge in [0.05, 0.1) is 19.2 Å². The van der Waals surface area contributed by atoms with Crippen molar-refractivity contribution < 1.29 is 53.7 Å². The van der Waals surface area contributed by atoms with Gasteiger partial charge in [0.15, 0.2) is 5.96 Å². The van der Waals surface area contributed by atoms with Crippen molar-refractivity contribution in [2.75, 3.05) is 31.2 Å². The number of rotatable bonds is 28. The highest BCUT2D eigenvalue weighted by atomic mass is 32.1. The summed E-state index contributed by atoms with van der Waals surface area (Å²) < 4.78 is 0. The number of thiol groups is 2. The molecule has 0 fully saturated rings. The first-order valence-electron chi connectivity index (χ1n) is 21.5. The number of aliphatic hydroxyl groups excluding tert-OH is 1. The number of aliphatic carboxylic acids is 1. The molecule has 3 rings (SSSR count). The van der Waals surface area contributed by atoms with E-state index in [1.807, 2.05) is 24.3 Å². The number of amides is 7. The van der Waals surface area contributed by atoms with Gasteiger partial charge in [0.2, 0.25) is 41.4 Å². The van der Waals surface area contributed by atoms with Gasteiger partial charge >= 0.3 is 5.97 Å². The number of aromatic amines is 1. The van der Waals surface area contributed by atoms with Crippen molar-refractivity contribution in [2.24, 2.45) is 28.1 Å². The van der Waals surface area contributed by atoms with Crippen LogP contribution in [0.25, 0.3) is 10.9 Å². The molecular formula is C43H62N12O11S2. The van der Waals surface area contributed by atoms with Crippen molar-refractivity contribution in [1.29, 1.82) is 0 Å². The SMILES string of the molecule is CC(C)C[C@H](NC(=O)[C@H](Cc1ccc(O)cc1)NC(=O)[C@H](Cc1c[nH]c2ccccc12)NC(=O)[C@@H](N)CS)C(=O)N[C@@H](CCCN=C(N)N)C(=O)NCC(=O)N[C@@H](CO)C(=O)N[C@@H](CS)C(=O)O. The number of hydrogen-bond acceptors (Lipinski definition) is 14. The fraction of sp³-hybridized carbons (Fsp3) is 0.465. The van der Waals surface area contributed by atoms with Crippen LogP contribution in [0.2, 0.25) is 0 Å². The van der Waals surface area contributed by atoms with Crippen molar-refractivity contribution in [3.05, 3.63) is 65.9 Å². The number of aliphatic imine (C=N–C) groups is 1. The number of phenols is 1. The van der Waals surface area contributed by atoms with E-state index in [1.54, 1.807) is 32.2 Å². The summed E-state index contributed by atoms with van der Waals surface area (Å²) in [4.78, 5) is 113. The predicted octanol–water partition coefficient (Wildman–Crippen LogP) is -2.95. The molecule has 25 heteroatoms. The molecule has 0 radical (unpaired) electrons. The monoisotopic (exact) mass is 986 g/mol. The Kier molecular flexibility index (Phi) is 22.9. The van der Waals surface area contributed by atoms with Crippen LogP contribution in [0.4, 0.5) is 0 Å². The van der Waals surface area contributed by atoms with Crippen molar-refractivity contribution in [3.63, 3.8) is 0 Å². The van der Waals surface area contributed by atoms with Gasteiger partial charge in [-0.25, -0.2) is 4.79 Å². The first kappa shape index (κ1) is 55.8. The van der Waals surface area contributed by atoms with Gasteiger partial charge in [0.25, 0.3) is 0 Å². The topological polar surface area (TPSA) is 388 Å². The molecule has 68 heavy (non-hydrogen) atoms. The third-order valence-corrected chi connectivity index (χ3v) is 11.0. The molecule has 3 aromatic rings. The molecule has 2 aromatic carbocycles. The third kappa shape index (κ3) is 18.3. The summed E-state index contributed by atoms with van der Waals surface area (Å²) in [5.41, 5.74) is 18.8. The van der Waals surface area contributed by atoms with E-state index in [-0.39, 0.29) is 67.8 Å². The normalized spacial score (nSPS) is 14.2. The summed E-state index contributed by atoms with van der Waals surface area (Å²) >= 11 is 7.98. The number of carbonyl (C=O) groups is 8. The molecule has 7 atom stereocenters. The van der Waals surface area contributed by atoms with Gasteiger partial charge in [0.1, 0.15) is 42.0 Å². The highest BCUT2D eigenvalue weighted by molar-refractivity contribution is 7.80. The Morgan fingerprint density at radius 3 is 1.88 bits per heavy atom. The van der Waals surface area contributed by atoms with Crippen LogP contribution in [0.15, 0.2) is 59.7 Å². The van der Waals surface area contributed by atoms with Crippen molar-refractivity contribution in [3.8, 4) is 5.75 Å². The number of aromatic nitrogens is 1. The maximum atomic E-state index is 14.4. The number of benzene rings is 2. The minimum absolute atomic E-state index is 0.0118. The first-order chi connectivity index (χ1) is 32.3. The number of carboxylic acids is 1. The van der Waals surface area contributed by atoms with E-state index in [4.69, 9.17) is 17.2 Å². The second-order valence-corrected chi connectivity index (χ2v) is 16.9. The number of nitrogens with two attached hydrogens (primary N) is 3. The zero-order chi connectivity index (χ0) is 50.5. The van der Waals surface area contributed by atoms with Gasteiger partial charge in [-0.05, 0) is 54.5 Å². The molecule has 0 aliphatic carbocycles. The lowest BCUT2D eigenvalue weighted by atomic mass is 9.99. The lowest BCUT2D eigenvalue weighted by Gasteiger charge is -2.27. The van der Waals surface area contributed by atoms with Crippen LogP contribution in [0, 0.1) is 5.92 Å². The maximum Gasteiger partial charge on any atom is 0.327 e.